The Balaban J connectivity index is 2.13. The summed E-state index contributed by atoms with van der Waals surface area (Å²) in [5.74, 6) is 0.790. The van der Waals surface area contributed by atoms with Gasteiger partial charge in [-0.3, -0.25) is 0 Å². The normalized spacial score (nSPS) is 11.7. The van der Waals surface area contributed by atoms with Crippen LogP contribution >= 0.6 is 15.9 Å². The Morgan fingerprint density at radius 3 is 2.22 bits per heavy atom. The van der Waals surface area contributed by atoms with Crippen molar-refractivity contribution in [3.63, 3.8) is 0 Å². The van der Waals surface area contributed by atoms with Crippen LogP contribution < -0.4 is 0 Å². The predicted octanol–water partition coefficient (Wildman–Crippen LogP) is 4.66. The van der Waals surface area contributed by atoms with E-state index < -0.39 is 0 Å². The third kappa shape index (κ3) is 3.20. The van der Waals surface area contributed by atoms with Crippen molar-refractivity contribution < 1.29 is 0 Å². The quantitative estimate of drug-likeness (QED) is 0.629. The molecular weight excluding hydrogens is 352 g/mol. The number of halogens is 1. The molecule has 3 rings (SSSR count). The molecule has 1 heterocycles. The van der Waals surface area contributed by atoms with Crippen LogP contribution in [0.15, 0.2) is 48.5 Å². The SMILES string of the molecule is CC(C)(C)n1nnnc1-c1ccccc1-c1ccc(CBr)cc1. The van der Waals surface area contributed by atoms with Gasteiger partial charge in [0.15, 0.2) is 5.82 Å². The monoisotopic (exact) mass is 370 g/mol. The lowest BCUT2D eigenvalue weighted by molar-refractivity contribution is 0.351. The van der Waals surface area contributed by atoms with Crippen molar-refractivity contribution in [3.8, 4) is 22.5 Å². The van der Waals surface area contributed by atoms with Crippen molar-refractivity contribution in [2.24, 2.45) is 0 Å². The highest BCUT2D eigenvalue weighted by molar-refractivity contribution is 9.08. The first-order valence-corrected chi connectivity index (χ1v) is 8.66. The van der Waals surface area contributed by atoms with Crippen LogP contribution in [-0.2, 0) is 10.9 Å². The number of tetrazole rings is 1. The zero-order chi connectivity index (χ0) is 16.4. The molecular formula is C18H19BrN4. The van der Waals surface area contributed by atoms with Gasteiger partial charge in [0.2, 0.25) is 0 Å². The summed E-state index contributed by atoms with van der Waals surface area (Å²) in [6, 6.07) is 16.8. The Morgan fingerprint density at radius 1 is 0.957 bits per heavy atom. The second kappa shape index (κ2) is 6.24. The van der Waals surface area contributed by atoms with E-state index >= 15 is 0 Å². The number of rotatable bonds is 3. The lowest BCUT2D eigenvalue weighted by Gasteiger charge is -2.20. The van der Waals surface area contributed by atoms with E-state index in [4.69, 9.17) is 0 Å². The number of hydrogen-bond acceptors (Lipinski definition) is 3. The summed E-state index contributed by atoms with van der Waals surface area (Å²) < 4.78 is 1.87. The van der Waals surface area contributed by atoms with Crippen molar-refractivity contribution in [2.45, 2.75) is 31.6 Å². The molecule has 23 heavy (non-hydrogen) atoms. The summed E-state index contributed by atoms with van der Waals surface area (Å²) >= 11 is 3.49. The van der Waals surface area contributed by atoms with E-state index in [1.165, 1.54) is 5.56 Å². The third-order valence-electron chi connectivity index (χ3n) is 3.69. The van der Waals surface area contributed by atoms with Crippen molar-refractivity contribution in [2.75, 3.05) is 0 Å². The average Bonchev–Trinajstić information content (AvgIpc) is 3.05. The van der Waals surface area contributed by atoms with E-state index in [9.17, 15) is 0 Å². The lowest BCUT2D eigenvalue weighted by Crippen LogP contribution is -2.24. The van der Waals surface area contributed by atoms with Crippen LogP contribution in [-0.4, -0.2) is 20.2 Å². The summed E-state index contributed by atoms with van der Waals surface area (Å²) in [6.45, 7) is 6.29. The molecule has 0 radical (unpaired) electrons. The Morgan fingerprint density at radius 2 is 1.61 bits per heavy atom. The molecule has 118 valence electrons. The highest BCUT2D eigenvalue weighted by atomic mass is 79.9. The number of benzene rings is 2. The van der Waals surface area contributed by atoms with Gasteiger partial charge in [0.05, 0.1) is 5.54 Å². The van der Waals surface area contributed by atoms with E-state index in [0.29, 0.717) is 0 Å². The van der Waals surface area contributed by atoms with Crippen molar-refractivity contribution >= 4 is 15.9 Å². The number of nitrogens with zero attached hydrogens (tertiary/aromatic N) is 4. The van der Waals surface area contributed by atoms with Gasteiger partial charge < -0.3 is 0 Å². The van der Waals surface area contributed by atoms with Gasteiger partial charge in [0, 0.05) is 10.9 Å². The fraction of sp³-hybridized carbons (Fsp3) is 0.278. The second-order valence-electron chi connectivity index (χ2n) is 6.46. The Kier molecular flexibility index (Phi) is 4.31. The summed E-state index contributed by atoms with van der Waals surface area (Å²) in [7, 11) is 0. The van der Waals surface area contributed by atoms with Crippen LogP contribution in [0.1, 0.15) is 26.3 Å². The van der Waals surface area contributed by atoms with Crippen LogP contribution in [0.2, 0.25) is 0 Å². The average molecular weight is 371 g/mol. The molecule has 0 aliphatic heterocycles. The number of hydrogen-bond donors (Lipinski definition) is 0. The molecule has 0 unspecified atom stereocenters. The molecule has 0 spiro atoms. The van der Waals surface area contributed by atoms with Gasteiger partial charge in [-0.2, -0.15) is 0 Å². The zero-order valence-electron chi connectivity index (χ0n) is 13.5. The molecule has 1 aromatic heterocycles. The third-order valence-corrected chi connectivity index (χ3v) is 4.34. The van der Waals surface area contributed by atoms with Gasteiger partial charge >= 0.3 is 0 Å². The predicted molar refractivity (Wildman–Crippen MR) is 96.3 cm³/mol. The molecule has 2 aromatic carbocycles. The first kappa shape index (κ1) is 15.9. The van der Waals surface area contributed by atoms with E-state index in [-0.39, 0.29) is 5.54 Å². The molecule has 0 aliphatic carbocycles. The largest absolute Gasteiger partial charge is 0.220 e. The molecule has 0 N–H and O–H groups in total. The van der Waals surface area contributed by atoms with Gasteiger partial charge in [0.1, 0.15) is 0 Å². The van der Waals surface area contributed by atoms with Crippen molar-refractivity contribution in [3.05, 3.63) is 54.1 Å². The van der Waals surface area contributed by atoms with Gasteiger partial charge in [-0.25, -0.2) is 4.68 Å². The summed E-state index contributed by atoms with van der Waals surface area (Å²) in [5.41, 5.74) is 4.42. The van der Waals surface area contributed by atoms with Gasteiger partial charge in [-0.15, -0.1) is 5.10 Å². The molecule has 0 fully saturated rings. The Labute approximate surface area is 144 Å². The zero-order valence-corrected chi connectivity index (χ0v) is 15.1. The van der Waals surface area contributed by atoms with Crippen molar-refractivity contribution in [1.82, 2.24) is 20.2 Å². The number of alkyl halides is 1. The van der Waals surface area contributed by atoms with E-state index in [1.54, 1.807) is 0 Å². The minimum atomic E-state index is -0.175. The molecule has 3 aromatic rings. The fourth-order valence-electron chi connectivity index (χ4n) is 2.51. The molecule has 0 saturated carbocycles. The highest BCUT2D eigenvalue weighted by Crippen LogP contribution is 2.32. The van der Waals surface area contributed by atoms with Crippen LogP contribution in [0.4, 0.5) is 0 Å². The summed E-state index contributed by atoms with van der Waals surface area (Å²) in [4.78, 5) is 0. The molecule has 0 atom stereocenters. The van der Waals surface area contributed by atoms with Crippen molar-refractivity contribution in [1.29, 1.82) is 0 Å². The first-order valence-electron chi connectivity index (χ1n) is 7.54. The van der Waals surface area contributed by atoms with E-state index in [2.05, 4.69) is 88.6 Å². The highest BCUT2D eigenvalue weighted by Gasteiger charge is 2.22. The maximum absolute atomic E-state index is 4.27. The molecule has 0 amide bonds. The Bertz CT molecular complexity index is 800. The summed E-state index contributed by atoms with van der Waals surface area (Å²) in [5, 5.41) is 13.2. The molecule has 0 bridgehead atoms. The van der Waals surface area contributed by atoms with Crippen LogP contribution in [0.25, 0.3) is 22.5 Å². The first-order chi connectivity index (χ1) is 11.0. The van der Waals surface area contributed by atoms with Gasteiger partial charge in [0.25, 0.3) is 0 Å². The van der Waals surface area contributed by atoms with Gasteiger partial charge in [-0.05, 0) is 47.9 Å². The topological polar surface area (TPSA) is 43.6 Å². The van der Waals surface area contributed by atoms with E-state index in [1.807, 2.05) is 16.8 Å². The smallest absolute Gasteiger partial charge is 0.183 e. The van der Waals surface area contributed by atoms with E-state index in [0.717, 1.165) is 27.8 Å². The Hall–Kier alpha value is -2.01. The molecule has 4 nitrogen and oxygen atoms in total. The fourth-order valence-corrected chi connectivity index (χ4v) is 2.88. The second-order valence-corrected chi connectivity index (χ2v) is 7.02. The molecule has 0 aliphatic rings. The van der Waals surface area contributed by atoms with Crippen LogP contribution in [0.5, 0.6) is 0 Å². The van der Waals surface area contributed by atoms with Crippen LogP contribution in [0.3, 0.4) is 0 Å². The molecule has 5 heteroatoms. The van der Waals surface area contributed by atoms with Crippen LogP contribution in [0, 0.1) is 0 Å². The maximum Gasteiger partial charge on any atom is 0.183 e. The minimum absolute atomic E-state index is 0.175. The van der Waals surface area contributed by atoms with Gasteiger partial charge in [-0.1, -0.05) is 64.5 Å². The molecule has 0 saturated heterocycles. The number of aromatic nitrogens is 4. The minimum Gasteiger partial charge on any atom is -0.220 e. The maximum atomic E-state index is 4.27. The standard InChI is InChI=1S/C18H19BrN4/c1-18(2,3)23-17(20-21-22-23)16-7-5-4-6-15(16)14-10-8-13(12-19)9-11-14/h4-11H,12H2,1-3H3. The summed E-state index contributed by atoms with van der Waals surface area (Å²) in [6.07, 6.45) is 0. The lowest BCUT2D eigenvalue weighted by atomic mass is 9.98.